The van der Waals surface area contributed by atoms with Crippen LogP contribution in [0, 0.1) is 0 Å². The highest BCUT2D eigenvalue weighted by Crippen LogP contribution is 2.10. The van der Waals surface area contributed by atoms with Crippen LogP contribution in [0.4, 0.5) is 5.82 Å². The molecule has 0 aliphatic rings. The molecular weight excluding hydrogens is 284 g/mol. The summed E-state index contributed by atoms with van der Waals surface area (Å²) in [4.78, 5) is 22.6. The van der Waals surface area contributed by atoms with Crippen molar-refractivity contribution in [3.05, 3.63) is 40.0 Å². The van der Waals surface area contributed by atoms with Gasteiger partial charge in [0.05, 0.1) is 16.3 Å². The molecule has 5 nitrogen and oxygen atoms in total. The fourth-order valence-corrected chi connectivity index (χ4v) is 2.60. The van der Waals surface area contributed by atoms with E-state index in [2.05, 4.69) is 27.6 Å². The minimum Gasteiger partial charge on any atom is -0.363 e. The number of amides is 1. The lowest BCUT2D eigenvalue weighted by atomic mass is 10.2. The van der Waals surface area contributed by atoms with E-state index in [1.165, 1.54) is 0 Å². The number of nitrogens with zero attached hydrogens (tertiary/aromatic N) is 3. The van der Waals surface area contributed by atoms with E-state index in [1.54, 1.807) is 23.6 Å². The highest BCUT2D eigenvalue weighted by atomic mass is 32.1. The van der Waals surface area contributed by atoms with E-state index in [0.717, 1.165) is 29.4 Å². The number of pyridine rings is 1. The molecule has 0 aliphatic carbocycles. The molecule has 0 radical (unpaired) electrons. The zero-order valence-corrected chi connectivity index (χ0v) is 13.4. The van der Waals surface area contributed by atoms with Gasteiger partial charge < -0.3 is 10.2 Å². The minimum atomic E-state index is -0.0984. The summed E-state index contributed by atoms with van der Waals surface area (Å²) in [5.41, 5.74) is 1.62. The smallest absolute Gasteiger partial charge is 0.252 e. The summed E-state index contributed by atoms with van der Waals surface area (Å²) < 4.78 is 0. The highest BCUT2D eigenvalue weighted by Gasteiger charge is 2.07. The average Bonchev–Trinajstić information content (AvgIpc) is 2.95. The molecule has 2 aromatic heterocycles. The van der Waals surface area contributed by atoms with Crippen molar-refractivity contribution in [3.63, 3.8) is 0 Å². The second-order valence-corrected chi connectivity index (χ2v) is 5.83. The molecule has 0 atom stereocenters. The Hall–Kier alpha value is -1.95. The van der Waals surface area contributed by atoms with Crippen LogP contribution in [0.1, 0.15) is 28.0 Å². The molecule has 2 heterocycles. The van der Waals surface area contributed by atoms with E-state index < -0.39 is 0 Å². The van der Waals surface area contributed by atoms with Crippen molar-refractivity contribution in [2.24, 2.45) is 0 Å². The quantitative estimate of drug-likeness (QED) is 0.888. The molecule has 1 N–H and O–H groups in total. The normalized spacial score (nSPS) is 10.4. The van der Waals surface area contributed by atoms with Gasteiger partial charge in [0.2, 0.25) is 0 Å². The molecule has 0 fully saturated rings. The Kier molecular flexibility index (Phi) is 5.27. The molecule has 0 saturated carbocycles. The first-order valence-electron chi connectivity index (χ1n) is 6.95. The van der Waals surface area contributed by atoms with E-state index >= 15 is 0 Å². The number of hydrogen-bond acceptors (Lipinski definition) is 5. The van der Waals surface area contributed by atoms with Gasteiger partial charge in [0.15, 0.2) is 0 Å². The van der Waals surface area contributed by atoms with E-state index in [1.807, 2.05) is 25.1 Å². The maximum atomic E-state index is 12.0. The van der Waals surface area contributed by atoms with Gasteiger partial charge in [-0.3, -0.25) is 4.79 Å². The fraction of sp³-hybridized carbons (Fsp3) is 0.400. The largest absolute Gasteiger partial charge is 0.363 e. The molecule has 0 aromatic carbocycles. The summed E-state index contributed by atoms with van der Waals surface area (Å²) in [6.45, 7) is 2.68. The lowest BCUT2D eigenvalue weighted by Gasteiger charge is -2.11. The van der Waals surface area contributed by atoms with Crippen molar-refractivity contribution in [1.29, 1.82) is 0 Å². The van der Waals surface area contributed by atoms with Gasteiger partial charge in [0, 0.05) is 38.6 Å². The SMILES string of the molecule is CCc1nc(CCNC(=O)c2ccc(N(C)C)nc2)cs1. The van der Waals surface area contributed by atoms with Gasteiger partial charge in [-0.25, -0.2) is 9.97 Å². The Morgan fingerprint density at radius 1 is 1.38 bits per heavy atom. The first-order valence-corrected chi connectivity index (χ1v) is 7.83. The average molecular weight is 304 g/mol. The number of carbonyl (C=O) groups is 1. The summed E-state index contributed by atoms with van der Waals surface area (Å²) in [5, 5.41) is 6.09. The van der Waals surface area contributed by atoms with E-state index in [0.29, 0.717) is 12.1 Å². The third-order valence-electron chi connectivity index (χ3n) is 3.04. The minimum absolute atomic E-state index is 0.0984. The van der Waals surface area contributed by atoms with Crippen molar-refractivity contribution in [1.82, 2.24) is 15.3 Å². The molecule has 2 rings (SSSR count). The van der Waals surface area contributed by atoms with Gasteiger partial charge in [-0.15, -0.1) is 11.3 Å². The predicted molar refractivity (Wildman–Crippen MR) is 86.1 cm³/mol. The molecule has 21 heavy (non-hydrogen) atoms. The second-order valence-electron chi connectivity index (χ2n) is 4.89. The van der Waals surface area contributed by atoms with Crippen LogP contribution in [-0.2, 0) is 12.8 Å². The lowest BCUT2D eigenvalue weighted by Crippen LogP contribution is -2.26. The van der Waals surface area contributed by atoms with Gasteiger partial charge in [-0.05, 0) is 18.6 Å². The van der Waals surface area contributed by atoms with Crippen LogP contribution in [0.25, 0.3) is 0 Å². The fourth-order valence-electron chi connectivity index (χ4n) is 1.82. The Morgan fingerprint density at radius 3 is 2.76 bits per heavy atom. The summed E-state index contributed by atoms with van der Waals surface area (Å²) in [6.07, 6.45) is 3.31. The van der Waals surface area contributed by atoms with Crippen molar-refractivity contribution in [3.8, 4) is 0 Å². The summed E-state index contributed by atoms with van der Waals surface area (Å²) >= 11 is 1.67. The summed E-state index contributed by atoms with van der Waals surface area (Å²) in [5.74, 6) is 0.736. The molecule has 112 valence electrons. The maximum Gasteiger partial charge on any atom is 0.252 e. The number of rotatable bonds is 6. The Balaban J connectivity index is 1.83. The molecular formula is C15H20N4OS. The van der Waals surface area contributed by atoms with Crippen LogP contribution < -0.4 is 10.2 Å². The van der Waals surface area contributed by atoms with Gasteiger partial charge in [-0.1, -0.05) is 6.92 Å². The molecule has 0 saturated heterocycles. The third-order valence-corrected chi connectivity index (χ3v) is 4.08. The molecule has 0 bridgehead atoms. The summed E-state index contributed by atoms with van der Waals surface area (Å²) in [6, 6.07) is 3.62. The number of nitrogens with one attached hydrogen (secondary N) is 1. The number of carbonyl (C=O) groups excluding carboxylic acids is 1. The molecule has 6 heteroatoms. The first kappa shape index (κ1) is 15.4. The van der Waals surface area contributed by atoms with Crippen molar-refractivity contribution in [2.75, 3.05) is 25.5 Å². The molecule has 0 aliphatic heterocycles. The standard InChI is InChI=1S/C15H20N4OS/c1-4-14-18-12(10-21-14)7-8-16-15(20)11-5-6-13(17-9-11)19(2)3/h5-6,9-10H,4,7-8H2,1-3H3,(H,16,20). The Labute approximate surface area is 129 Å². The van der Waals surface area contributed by atoms with Gasteiger partial charge in [-0.2, -0.15) is 0 Å². The number of aromatic nitrogens is 2. The number of thiazole rings is 1. The number of anilines is 1. The van der Waals surface area contributed by atoms with Gasteiger partial charge >= 0.3 is 0 Å². The third kappa shape index (κ3) is 4.26. The Morgan fingerprint density at radius 2 is 2.19 bits per heavy atom. The maximum absolute atomic E-state index is 12.0. The second kappa shape index (κ2) is 7.17. The van der Waals surface area contributed by atoms with Crippen LogP contribution in [0.5, 0.6) is 0 Å². The van der Waals surface area contributed by atoms with Crippen LogP contribution in [0.15, 0.2) is 23.7 Å². The van der Waals surface area contributed by atoms with Gasteiger partial charge in [0.25, 0.3) is 5.91 Å². The van der Waals surface area contributed by atoms with Gasteiger partial charge in [0.1, 0.15) is 5.82 Å². The Bertz CT molecular complexity index is 592. The number of aryl methyl sites for hydroxylation is 1. The molecule has 0 spiro atoms. The first-order chi connectivity index (χ1) is 10.1. The van der Waals surface area contributed by atoms with Crippen LogP contribution in [0.2, 0.25) is 0 Å². The summed E-state index contributed by atoms with van der Waals surface area (Å²) in [7, 11) is 3.83. The van der Waals surface area contributed by atoms with E-state index in [9.17, 15) is 4.79 Å². The molecule has 0 unspecified atom stereocenters. The zero-order valence-electron chi connectivity index (χ0n) is 12.6. The number of hydrogen-bond donors (Lipinski definition) is 1. The van der Waals surface area contributed by atoms with Crippen LogP contribution >= 0.6 is 11.3 Å². The molecule has 1 amide bonds. The van der Waals surface area contributed by atoms with E-state index in [4.69, 9.17) is 0 Å². The van der Waals surface area contributed by atoms with Crippen molar-refractivity contribution < 1.29 is 4.79 Å². The van der Waals surface area contributed by atoms with Crippen LogP contribution in [0.3, 0.4) is 0 Å². The van der Waals surface area contributed by atoms with E-state index in [-0.39, 0.29) is 5.91 Å². The molecule has 2 aromatic rings. The van der Waals surface area contributed by atoms with Crippen LogP contribution in [-0.4, -0.2) is 36.5 Å². The van der Waals surface area contributed by atoms with Crippen molar-refractivity contribution >= 4 is 23.1 Å². The van der Waals surface area contributed by atoms with Crippen molar-refractivity contribution in [2.45, 2.75) is 19.8 Å². The zero-order chi connectivity index (χ0) is 15.2. The highest BCUT2D eigenvalue weighted by molar-refractivity contribution is 7.09. The monoisotopic (exact) mass is 304 g/mol. The predicted octanol–water partition coefficient (Wildman–Crippen LogP) is 2.14. The lowest BCUT2D eigenvalue weighted by molar-refractivity contribution is 0.0954. The topological polar surface area (TPSA) is 58.1 Å².